The molecule has 3 heterocycles. The molecule has 3 aliphatic heterocycles. The maximum Gasteiger partial charge on any atom is 0.471 e. The topological polar surface area (TPSA) is 548 Å². The van der Waals surface area contributed by atoms with Crippen LogP contribution in [0.4, 0.5) is 0 Å². The van der Waals surface area contributed by atoms with Crippen LogP contribution < -0.4 is 37.6 Å². The number of unbranched alkanes of at least 4 members (excludes halogenated alkanes) is 13. The third-order valence-electron chi connectivity index (χ3n) is 20.0. The number of phosphoric ester groups is 1. The second kappa shape index (κ2) is 66.9. The lowest BCUT2D eigenvalue weighted by atomic mass is 9.92. The fraction of sp³-hybridized carbons (Fsp3) is 0.886. The zero-order valence-electron chi connectivity index (χ0n) is 70.3. The maximum absolute atomic E-state index is 14.4. The van der Waals surface area contributed by atoms with Gasteiger partial charge in [-0.2, -0.15) is 0 Å². The number of nitrogens with zero attached hydrogens (tertiary/aromatic N) is 1. The van der Waals surface area contributed by atoms with Gasteiger partial charge in [0.25, 0.3) is 0 Å². The predicted molar refractivity (Wildman–Crippen MR) is 429 cm³/mol. The van der Waals surface area contributed by atoms with E-state index in [0.717, 1.165) is 45.6 Å². The molecular formula is C79H149N8O28P. The molecule has 0 aromatic heterocycles. The van der Waals surface area contributed by atoms with Crippen molar-refractivity contribution in [1.82, 2.24) is 36.8 Å². The highest BCUT2D eigenvalue weighted by atomic mass is 31.2. The summed E-state index contributed by atoms with van der Waals surface area (Å²) in [6, 6.07) is -1.94. The molecule has 116 heavy (non-hydrogen) atoms. The van der Waals surface area contributed by atoms with E-state index in [0.29, 0.717) is 148 Å². The predicted octanol–water partition coefficient (Wildman–Crippen LogP) is 2.33. The molecule has 0 bridgehead atoms. The number of ketones is 3. The second-order valence-corrected chi connectivity index (χ2v) is 31.3. The molecule has 6 amide bonds. The number of rotatable bonds is 65. The number of carbonyl (C=O) groups is 9. The van der Waals surface area contributed by atoms with E-state index in [-0.39, 0.29) is 139 Å². The normalized spacial score (nSPS) is 23.9. The van der Waals surface area contributed by atoms with Gasteiger partial charge < -0.3 is 117 Å². The zero-order chi connectivity index (χ0) is 86.6. The molecule has 0 aromatic rings. The van der Waals surface area contributed by atoms with Crippen LogP contribution in [-0.2, 0) is 85.2 Å². The molecule has 0 radical (unpaired) electrons. The number of phosphoric acid groups is 1. The van der Waals surface area contributed by atoms with Crippen molar-refractivity contribution in [3.63, 3.8) is 0 Å². The number of aliphatic hydroxyl groups excluding tert-OH is 9. The fourth-order valence-electron chi connectivity index (χ4n) is 13.0. The molecule has 3 rings (SSSR count). The van der Waals surface area contributed by atoms with Crippen LogP contribution in [-0.4, -0.2) is 300 Å². The van der Waals surface area contributed by atoms with Crippen LogP contribution in [0, 0.1) is 11.8 Å². The number of ether oxygens (including phenoxy) is 6. The SMILES string of the molecule is CC.CCCCC(=O)CCCC(=O)NCCCCC(C(=O)CCCCNC(=O)CCCCCO[C@@H]1OC(CO)[C@H](O)[C@H](O)C1C)N(CC(=O)CCCCNC(=O)CCCCCO[C@@H]1OC(CO)[C@H](O)[C@H](O)C1NC(C)=O)CC(=O)NCCCNC(=O)CCCCCO[C@@H]1OC(CO)[C@H](O)[C@H](O)C1C.COP(=O)(O)OCCCCCCN. The van der Waals surface area contributed by atoms with Crippen LogP contribution in [0.5, 0.6) is 0 Å². The Morgan fingerprint density at radius 1 is 0.440 bits per heavy atom. The van der Waals surface area contributed by atoms with Crippen LogP contribution >= 0.6 is 7.82 Å². The van der Waals surface area contributed by atoms with E-state index in [1.165, 1.54) is 6.92 Å². The van der Waals surface area contributed by atoms with Gasteiger partial charge in [0.1, 0.15) is 66.1 Å². The molecule has 37 heteroatoms. The number of Topliss-reactive ketones (excluding diaryl/α,β-unsaturated/α-hetero) is 3. The summed E-state index contributed by atoms with van der Waals surface area (Å²) < 4.78 is 53.7. The number of amides is 6. The van der Waals surface area contributed by atoms with Crippen molar-refractivity contribution in [2.45, 2.75) is 333 Å². The Kier molecular flexibility index (Phi) is 63.0. The van der Waals surface area contributed by atoms with Gasteiger partial charge in [0, 0.05) is 130 Å². The summed E-state index contributed by atoms with van der Waals surface area (Å²) in [5.41, 5.74) is 5.30. The van der Waals surface area contributed by atoms with Crippen molar-refractivity contribution in [1.29, 1.82) is 0 Å². The van der Waals surface area contributed by atoms with Crippen LogP contribution in [0.15, 0.2) is 0 Å². The summed E-state index contributed by atoms with van der Waals surface area (Å²) in [6.45, 7) is 11.6. The van der Waals surface area contributed by atoms with Crippen molar-refractivity contribution in [3.05, 3.63) is 0 Å². The van der Waals surface area contributed by atoms with Crippen LogP contribution in [0.2, 0.25) is 0 Å². The van der Waals surface area contributed by atoms with Crippen molar-refractivity contribution >= 4 is 60.6 Å². The van der Waals surface area contributed by atoms with Gasteiger partial charge in [0.05, 0.1) is 57.8 Å². The Morgan fingerprint density at radius 2 is 0.819 bits per heavy atom. The Labute approximate surface area is 686 Å². The lowest BCUT2D eigenvalue weighted by molar-refractivity contribution is -0.282. The van der Waals surface area contributed by atoms with Gasteiger partial charge in [-0.15, -0.1) is 0 Å². The number of nitrogens with one attached hydrogen (secondary N) is 6. The first-order chi connectivity index (χ1) is 55.6. The third-order valence-corrected chi connectivity index (χ3v) is 21.0. The zero-order valence-corrected chi connectivity index (χ0v) is 71.2. The number of nitrogens with two attached hydrogens (primary N) is 1. The minimum absolute atomic E-state index is 0.0789. The highest BCUT2D eigenvalue weighted by Crippen LogP contribution is 2.42. The molecule has 3 saturated heterocycles. The standard InChI is InChI=1S/C70H125N7O24.C7H18NO4P.C2H6/c1-5-6-24-49(82)26-22-32-59(88)73-34-17-14-27-51(52(84)28-15-18-35-72-57(86)29-10-7-19-38-96-68-46(2)62(90)64(92)53(43-78)99-68)77(42-60(89)75-37-23-36-74-58(87)31-11-8-20-39-97-69-47(3)63(91)65(93)54(44-79)100-69)41-50(83)25-13-16-33-71-56(85)30-12-9-21-40-98-70-61(76-48(4)81)67(95)66(94)55(45-80)101-70;1-11-13(9,10)12-7-5-3-2-4-6-8;1-2/h46-47,51,53-55,61-70,78-80,90-95H,5-45H2,1-4H3,(H,71,85)(H,72,86)(H,73,88)(H,74,87)(H,75,89)(H,76,81);2-8H2,1H3,(H,9,10);1-2H3/t46?,47?,51?,53?,54?,55?,61?,62-,63-,64+,65+,66+,67-,68-,69-,70-;;/m1../s1. The van der Waals surface area contributed by atoms with Crippen molar-refractivity contribution < 1.29 is 136 Å². The summed E-state index contributed by atoms with van der Waals surface area (Å²) in [5, 5.41) is 107. The van der Waals surface area contributed by atoms with Gasteiger partial charge in [-0.25, -0.2) is 4.57 Å². The average molecular weight is 1690 g/mol. The lowest BCUT2D eigenvalue weighted by Gasteiger charge is -2.42. The number of carbonyl (C=O) groups excluding carboxylic acids is 9. The summed E-state index contributed by atoms with van der Waals surface area (Å²) in [6.07, 6.45) is 3.02. The summed E-state index contributed by atoms with van der Waals surface area (Å²) in [4.78, 5) is 127. The quantitative estimate of drug-likeness (QED) is 0.0307. The van der Waals surface area contributed by atoms with E-state index in [9.17, 15) is 93.7 Å². The summed E-state index contributed by atoms with van der Waals surface area (Å²) in [7, 11) is -2.61. The first-order valence-corrected chi connectivity index (χ1v) is 43.9. The molecule has 3 fully saturated rings. The highest BCUT2D eigenvalue weighted by Gasteiger charge is 2.46. The van der Waals surface area contributed by atoms with Crippen LogP contribution in [0.1, 0.15) is 247 Å². The molecular weight excluding hydrogens is 1540 g/mol. The minimum atomic E-state index is -3.75. The number of hydrogen-bond donors (Lipinski definition) is 17. The van der Waals surface area contributed by atoms with Gasteiger partial charge in [-0.05, 0) is 122 Å². The molecule has 0 spiro atoms. The van der Waals surface area contributed by atoms with E-state index in [1.54, 1.807) is 18.7 Å². The van der Waals surface area contributed by atoms with Gasteiger partial charge in [-0.1, -0.05) is 73.1 Å². The Balaban J connectivity index is 0.00000406. The van der Waals surface area contributed by atoms with Gasteiger partial charge in [0.2, 0.25) is 35.4 Å². The Bertz CT molecular complexity index is 2720. The minimum Gasteiger partial charge on any atom is -0.394 e. The molecule has 0 saturated carbocycles. The smallest absolute Gasteiger partial charge is 0.394 e. The van der Waals surface area contributed by atoms with Gasteiger partial charge >= 0.3 is 7.82 Å². The Morgan fingerprint density at radius 3 is 1.28 bits per heavy atom. The maximum atomic E-state index is 14.4. The molecule has 0 aromatic carbocycles. The monoisotopic (exact) mass is 1690 g/mol. The van der Waals surface area contributed by atoms with E-state index < -0.39 is 137 Å². The summed E-state index contributed by atoms with van der Waals surface area (Å²) >= 11 is 0. The molecule has 0 aliphatic carbocycles. The number of aliphatic hydroxyl groups is 9. The van der Waals surface area contributed by atoms with Crippen molar-refractivity contribution in [2.75, 3.05) is 106 Å². The van der Waals surface area contributed by atoms with Crippen molar-refractivity contribution in [2.24, 2.45) is 17.6 Å². The molecule has 36 nitrogen and oxygen atoms in total. The third kappa shape index (κ3) is 48.6. The molecule has 18 N–H and O–H groups in total. The lowest BCUT2D eigenvalue weighted by Crippen LogP contribution is -2.64. The average Bonchev–Trinajstić information content (AvgIpc) is 0.584. The van der Waals surface area contributed by atoms with Gasteiger partial charge in [0.15, 0.2) is 18.9 Å². The van der Waals surface area contributed by atoms with E-state index >= 15 is 0 Å². The van der Waals surface area contributed by atoms with Crippen LogP contribution in [0.3, 0.4) is 0 Å². The first kappa shape index (κ1) is 109. The van der Waals surface area contributed by atoms with Crippen LogP contribution in [0.25, 0.3) is 0 Å². The van der Waals surface area contributed by atoms with E-state index in [2.05, 4.69) is 40.9 Å². The van der Waals surface area contributed by atoms with Gasteiger partial charge in [-0.3, -0.25) is 57.1 Å². The molecule has 17 atom stereocenters. The fourth-order valence-corrected chi connectivity index (χ4v) is 13.4. The highest BCUT2D eigenvalue weighted by molar-refractivity contribution is 7.47. The van der Waals surface area contributed by atoms with E-state index in [4.69, 9.17) is 39.0 Å². The Hall–Kier alpha value is -4.74. The largest absolute Gasteiger partial charge is 0.471 e. The second-order valence-electron chi connectivity index (χ2n) is 29.7. The number of hydrogen-bond acceptors (Lipinski definition) is 29. The first-order valence-electron chi connectivity index (χ1n) is 42.4. The molecule has 3 aliphatic rings. The molecule has 678 valence electrons. The van der Waals surface area contributed by atoms with E-state index in [1.807, 2.05) is 20.8 Å². The summed E-state index contributed by atoms with van der Waals surface area (Å²) in [5.74, 6) is -3.00. The van der Waals surface area contributed by atoms with Crippen molar-refractivity contribution in [3.8, 4) is 0 Å². The molecule has 8 unspecified atom stereocenters.